The molecule has 4 saturated carbocycles. The van der Waals surface area contributed by atoms with Gasteiger partial charge in [-0.15, -0.1) is 0 Å². The zero-order chi connectivity index (χ0) is 29.4. The molecular weight excluding hydrogens is 542 g/mol. The zero-order valence-electron chi connectivity index (χ0n) is 23.9. The van der Waals surface area contributed by atoms with Gasteiger partial charge in [0.15, 0.2) is 0 Å². The highest BCUT2D eigenvalue weighted by Crippen LogP contribution is 2.62. The number of aromatic nitrogens is 1. The fourth-order valence-corrected chi connectivity index (χ4v) is 7.72. The van der Waals surface area contributed by atoms with Gasteiger partial charge >= 0.3 is 11.9 Å². The quantitative estimate of drug-likeness (QED) is 0.483. The van der Waals surface area contributed by atoms with E-state index in [-0.39, 0.29) is 55.6 Å². The van der Waals surface area contributed by atoms with Gasteiger partial charge in [0, 0.05) is 52.8 Å². The molecule has 7 rings (SSSR count). The first-order chi connectivity index (χ1) is 20.1. The minimum atomic E-state index is -1.15. The van der Waals surface area contributed by atoms with Crippen molar-refractivity contribution in [3.05, 3.63) is 47.5 Å². The SMILES string of the molecule is CC1(COC(=O)C2CC2)[C@@H](OC(=O)C2CC2)CC(=O)[C@]2(C)[C@@H]3C(OC4=C(COC(c5cccnc5)=C4)[C@@H]3O)C(O)C[C@H]12. The lowest BCUT2D eigenvalue weighted by Gasteiger charge is -2.62. The monoisotopic (exact) mass is 579 g/mol. The summed E-state index contributed by atoms with van der Waals surface area (Å²) in [5, 5.41) is 23.4. The second-order valence-corrected chi connectivity index (χ2v) is 13.3. The summed E-state index contributed by atoms with van der Waals surface area (Å²) in [7, 11) is 0. The van der Waals surface area contributed by atoms with Crippen molar-refractivity contribution in [1.82, 2.24) is 4.98 Å². The molecule has 0 radical (unpaired) electrons. The van der Waals surface area contributed by atoms with Crippen LogP contribution in [0.4, 0.5) is 0 Å². The van der Waals surface area contributed by atoms with Gasteiger partial charge in [0.1, 0.15) is 42.7 Å². The summed E-state index contributed by atoms with van der Waals surface area (Å²) in [5.74, 6) is -1.44. The van der Waals surface area contributed by atoms with E-state index >= 15 is 0 Å². The largest absolute Gasteiger partial charge is 0.488 e. The number of hydrogen-bond donors (Lipinski definition) is 2. The minimum absolute atomic E-state index is 0.0478. The highest BCUT2D eigenvalue weighted by atomic mass is 16.6. The number of hydrogen-bond acceptors (Lipinski definition) is 10. The number of nitrogens with zero attached hydrogens (tertiary/aromatic N) is 1. The highest BCUT2D eigenvalue weighted by Gasteiger charge is 2.69. The van der Waals surface area contributed by atoms with Gasteiger partial charge in [-0.2, -0.15) is 0 Å². The third kappa shape index (κ3) is 4.37. The third-order valence-electron chi connectivity index (χ3n) is 10.6. The van der Waals surface area contributed by atoms with Crippen molar-refractivity contribution in [2.45, 2.75) is 76.8 Å². The molecule has 10 nitrogen and oxygen atoms in total. The molecule has 3 unspecified atom stereocenters. The predicted molar refractivity (Wildman–Crippen MR) is 146 cm³/mol. The van der Waals surface area contributed by atoms with Gasteiger partial charge in [-0.05, 0) is 50.2 Å². The molecule has 0 spiro atoms. The van der Waals surface area contributed by atoms with E-state index in [1.165, 1.54) is 0 Å². The van der Waals surface area contributed by atoms with Gasteiger partial charge in [-0.25, -0.2) is 0 Å². The average Bonchev–Trinajstić information content (AvgIpc) is 3.90. The van der Waals surface area contributed by atoms with E-state index in [9.17, 15) is 24.6 Å². The maximum atomic E-state index is 14.2. The fraction of sp³-hybridized carbons (Fsp3) is 0.625. The van der Waals surface area contributed by atoms with Gasteiger partial charge in [-0.3, -0.25) is 19.4 Å². The Morgan fingerprint density at radius 1 is 1.12 bits per heavy atom. The topological polar surface area (TPSA) is 141 Å². The molecular formula is C32H37NO9. The van der Waals surface area contributed by atoms with Crippen LogP contribution in [0, 0.1) is 34.5 Å². The summed E-state index contributed by atoms with van der Waals surface area (Å²) in [6.45, 7) is 3.72. The summed E-state index contributed by atoms with van der Waals surface area (Å²) in [4.78, 5) is 43.8. The lowest BCUT2D eigenvalue weighted by atomic mass is 9.44. The molecule has 2 aliphatic heterocycles. The van der Waals surface area contributed by atoms with Crippen molar-refractivity contribution < 1.29 is 43.5 Å². The minimum Gasteiger partial charge on any atom is -0.488 e. The summed E-state index contributed by atoms with van der Waals surface area (Å²) in [6, 6.07) is 3.66. The molecule has 0 amide bonds. The van der Waals surface area contributed by atoms with Crippen molar-refractivity contribution in [2.24, 2.45) is 34.5 Å². The van der Waals surface area contributed by atoms with Crippen LogP contribution >= 0.6 is 0 Å². The Labute approximate surface area is 244 Å². The average molecular weight is 580 g/mol. The van der Waals surface area contributed by atoms with Gasteiger partial charge < -0.3 is 29.2 Å². The first-order valence-electron chi connectivity index (χ1n) is 15.0. The maximum Gasteiger partial charge on any atom is 0.309 e. The number of aliphatic hydroxyl groups is 2. The Bertz CT molecular complexity index is 1360. The number of rotatable bonds is 6. The number of ketones is 1. The van der Waals surface area contributed by atoms with Crippen LogP contribution in [0.3, 0.4) is 0 Å². The maximum absolute atomic E-state index is 14.2. The number of carbonyl (C=O) groups is 3. The molecule has 0 aromatic carbocycles. The molecule has 224 valence electrons. The van der Waals surface area contributed by atoms with E-state index in [1.54, 1.807) is 24.5 Å². The van der Waals surface area contributed by atoms with Crippen molar-refractivity contribution in [2.75, 3.05) is 13.2 Å². The molecule has 1 aromatic rings. The lowest BCUT2D eigenvalue weighted by Crippen LogP contribution is -2.70. The van der Waals surface area contributed by atoms with Crippen LogP contribution in [-0.2, 0) is 33.3 Å². The van der Waals surface area contributed by atoms with Gasteiger partial charge in [0.2, 0.25) is 0 Å². The first-order valence-corrected chi connectivity index (χ1v) is 15.0. The molecule has 0 saturated heterocycles. The molecule has 4 fully saturated rings. The van der Waals surface area contributed by atoms with Crippen LogP contribution in [0.25, 0.3) is 5.76 Å². The Balaban J connectivity index is 1.24. The molecule has 3 heterocycles. The van der Waals surface area contributed by atoms with Gasteiger partial charge in [0.05, 0.1) is 24.0 Å². The second-order valence-electron chi connectivity index (χ2n) is 13.3. The van der Waals surface area contributed by atoms with Crippen LogP contribution in [0.5, 0.6) is 0 Å². The normalized spacial score (nSPS) is 39.0. The molecule has 0 bridgehead atoms. The Morgan fingerprint density at radius 2 is 1.86 bits per heavy atom. The van der Waals surface area contributed by atoms with Gasteiger partial charge in [0.25, 0.3) is 0 Å². The summed E-state index contributed by atoms with van der Waals surface area (Å²) < 4.78 is 24.2. The molecule has 2 N–H and O–H groups in total. The molecule has 42 heavy (non-hydrogen) atoms. The second kappa shape index (κ2) is 9.91. The van der Waals surface area contributed by atoms with E-state index in [2.05, 4.69) is 4.98 Å². The van der Waals surface area contributed by atoms with Crippen LogP contribution in [0.1, 0.15) is 57.9 Å². The fourth-order valence-electron chi connectivity index (χ4n) is 7.72. The molecule has 6 aliphatic rings. The molecule has 1 aromatic heterocycles. The number of esters is 2. The van der Waals surface area contributed by atoms with Crippen LogP contribution in [0.2, 0.25) is 0 Å². The number of pyridine rings is 1. The number of aliphatic hydroxyl groups excluding tert-OH is 2. The van der Waals surface area contributed by atoms with E-state index in [0.29, 0.717) is 17.1 Å². The highest BCUT2D eigenvalue weighted by molar-refractivity contribution is 5.88. The van der Waals surface area contributed by atoms with Crippen molar-refractivity contribution >= 4 is 23.5 Å². The summed E-state index contributed by atoms with van der Waals surface area (Å²) in [6.07, 6.45) is 4.41. The zero-order valence-corrected chi connectivity index (χ0v) is 23.9. The van der Waals surface area contributed by atoms with Crippen molar-refractivity contribution in [1.29, 1.82) is 0 Å². The number of Topliss-reactive ketones (excluding diaryl/α,β-unsaturated/α-hetero) is 1. The standard InChI is InChI=1S/C32H37NO9/c1-31(15-40-29(37)16-5-6-16)23-10-20(34)28-26(32(23,2)24(35)12-25(31)42-30(38)17-7-8-17)27(36)19-14-39-21(11-22(19)41-28)18-4-3-9-33-13-18/h3-4,9,11,13,16-17,20,23,25-28,34,36H,5-8,10,12,14-15H2,1-2H3/t20?,23-,25+,26+,27+,28?,31?,32-/m1/s1. The summed E-state index contributed by atoms with van der Waals surface area (Å²) in [5.41, 5.74) is -0.853. The van der Waals surface area contributed by atoms with Crippen molar-refractivity contribution in [3.8, 4) is 0 Å². The number of carbonyl (C=O) groups excluding carboxylic acids is 3. The summed E-state index contributed by atoms with van der Waals surface area (Å²) >= 11 is 0. The molecule has 8 atom stereocenters. The van der Waals surface area contributed by atoms with E-state index in [4.69, 9.17) is 18.9 Å². The molecule has 4 aliphatic carbocycles. The van der Waals surface area contributed by atoms with Crippen LogP contribution in [0.15, 0.2) is 41.9 Å². The number of fused-ring (bicyclic) bond motifs is 3. The van der Waals surface area contributed by atoms with Gasteiger partial charge in [-0.1, -0.05) is 13.8 Å². The first kappa shape index (κ1) is 27.6. The Kier molecular flexibility index (Phi) is 6.51. The number of ether oxygens (including phenoxy) is 4. The van der Waals surface area contributed by atoms with Crippen molar-refractivity contribution in [3.63, 3.8) is 0 Å². The van der Waals surface area contributed by atoms with E-state index < -0.39 is 47.1 Å². The third-order valence-corrected chi connectivity index (χ3v) is 10.6. The van der Waals surface area contributed by atoms with E-state index in [0.717, 1.165) is 31.2 Å². The Morgan fingerprint density at radius 3 is 2.55 bits per heavy atom. The van der Waals surface area contributed by atoms with Crippen LogP contribution < -0.4 is 0 Å². The number of allylic oxidation sites excluding steroid dienone is 1. The smallest absolute Gasteiger partial charge is 0.309 e. The Hall–Kier alpha value is -3.24. The predicted octanol–water partition coefficient (Wildman–Crippen LogP) is 2.72. The lowest BCUT2D eigenvalue weighted by molar-refractivity contribution is -0.234. The molecule has 10 heteroatoms. The van der Waals surface area contributed by atoms with Crippen LogP contribution in [-0.4, -0.2) is 70.5 Å². The van der Waals surface area contributed by atoms with E-state index in [1.807, 2.05) is 19.9 Å².